The maximum absolute atomic E-state index is 4.54. The Kier molecular flexibility index (Phi) is 3.48. The second-order valence-electron chi connectivity index (χ2n) is 5.40. The van der Waals surface area contributed by atoms with Gasteiger partial charge < -0.3 is 10.3 Å². The molecule has 3 heterocycles. The summed E-state index contributed by atoms with van der Waals surface area (Å²) in [5, 5.41) is 4.53. The molecule has 0 atom stereocenters. The second kappa shape index (κ2) is 5.93. The van der Waals surface area contributed by atoms with Gasteiger partial charge in [-0.25, -0.2) is 4.98 Å². The molecule has 0 aliphatic rings. The van der Waals surface area contributed by atoms with Crippen molar-refractivity contribution >= 4 is 16.7 Å². The third-order valence-electron chi connectivity index (χ3n) is 3.87. The molecule has 0 spiro atoms. The number of hydrogen-bond donors (Lipinski definition) is 2. The molecule has 0 aliphatic carbocycles. The zero-order valence-corrected chi connectivity index (χ0v) is 12.5. The Bertz CT molecular complexity index is 914. The van der Waals surface area contributed by atoms with Gasteiger partial charge in [0.25, 0.3) is 0 Å². The lowest BCUT2D eigenvalue weighted by Crippen LogP contribution is -1.98. The van der Waals surface area contributed by atoms with Gasteiger partial charge in [0.2, 0.25) is 0 Å². The SMILES string of the molecule is c1ccc(-c2cnc3[nH]cc(CNc4cccnc4)c3c2)cc1. The highest BCUT2D eigenvalue weighted by Gasteiger charge is 2.07. The van der Waals surface area contributed by atoms with Crippen LogP contribution in [0.15, 0.2) is 73.3 Å². The van der Waals surface area contributed by atoms with E-state index < -0.39 is 0 Å². The lowest BCUT2D eigenvalue weighted by Gasteiger charge is -2.05. The first-order valence-corrected chi connectivity index (χ1v) is 7.55. The number of rotatable bonds is 4. The van der Waals surface area contributed by atoms with Crippen LogP contribution >= 0.6 is 0 Å². The topological polar surface area (TPSA) is 53.6 Å². The normalized spacial score (nSPS) is 10.8. The minimum absolute atomic E-state index is 0.728. The summed E-state index contributed by atoms with van der Waals surface area (Å²) in [7, 11) is 0. The second-order valence-corrected chi connectivity index (χ2v) is 5.40. The van der Waals surface area contributed by atoms with Gasteiger partial charge in [-0.2, -0.15) is 0 Å². The molecule has 4 nitrogen and oxygen atoms in total. The molecule has 23 heavy (non-hydrogen) atoms. The smallest absolute Gasteiger partial charge is 0.137 e. The van der Waals surface area contributed by atoms with Gasteiger partial charge in [-0.05, 0) is 29.3 Å². The minimum Gasteiger partial charge on any atom is -0.380 e. The van der Waals surface area contributed by atoms with Crippen molar-refractivity contribution in [3.8, 4) is 11.1 Å². The molecule has 0 radical (unpaired) electrons. The summed E-state index contributed by atoms with van der Waals surface area (Å²) in [6.07, 6.45) is 7.51. The van der Waals surface area contributed by atoms with Crippen LogP contribution in [0.3, 0.4) is 0 Å². The van der Waals surface area contributed by atoms with Crippen molar-refractivity contribution in [3.63, 3.8) is 0 Å². The summed E-state index contributed by atoms with van der Waals surface area (Å²) in [6, 6.07) is 16.4. The van der Waals surface area contributed by atoms with E-state index in [0.717, 1.165) is 28.8 Å². The van der Waals surface area contributed by atoms with Crippen molar-refractivity contribution in [2.75, 3.05) is 5.32 Å². The fourth-order valence-corrected chi connectivity index (χ4v) is 2.66. The van der Waals surface area contributed by atoms with Crippen LogP contribution in [0.1, 0.15) is 5.56 Å². The number of aromatic nitrogens is 3. The Morgan fingerprint density at radius 1 is 0.957 bits per heavy atom. The lowest BCUT2D eigenvalue weighted by atomic mass is 10.1. The standard InChI is InChI=1S/C19H16N4/c1-2-5-14(6-3-1)15-9-18-16(12-23-19(18)22-10-15)11-21-17-7-4-8-20-13-17/h1-10,12-13,21H,11H2,(H,22,23). The quantitative estimate of drug-likeness (QED) is 0.593. The van der Waals surface area contributed by atoms with Crippen LogP contribution < -0.4 is 5.32 Å². The minimum atomic E-state index is 0.728. The first-order chi connectivity index (χ1) is 11.4. The molecule has 0 bridgehead atoms. The van der Waals surface area contributed by atoms with Crippen LogP contribution in [0.4, 0.5) is 5.69 Å². The van der Waals surface area contributed by atoms with Gasteiger partial charge in [-0.3, -0.25) is 4.98 Å². The average Bonchev–Trinajstić information content (AvgIpc) is 3.04. The molecular formula is C19H16N4. The molecule has 3 aromatic heterocycles. The molecule has 4 aromatic rings. The van der Waals surface area contributed by atoms with Crippen molar-refractivity contribution in [1.82, 2.24) is 15.0 Å². The van der Waals surface area contributed by atoms with Crippen LogP contribution in [0.25, 0.3) is 22.2 Å². The zero-order chi connectivity index (χ0) is 15.5. The molecule has 4 rings (SSSR count). The molecule has 4 heteroatoms. The Morgan fingerprint density at radius 3 is 2.70 bits per heavy atom. The van der Waals surface area contributed by atoms with Crippen molar-refractivity contribution in [3.05, 3.63) is 78.9 Å². The summed E-state index contributed by atoms with van der Waals surface area (Å²) in [5.74, 6) is 0. The van der Waals surface area contributed by atoms with Crippen molar-refractivity contribution in [2.45, 2.75) is 6.54 Å². The summed E-state index contributed by atoms with van der Waals surface area (Å²) < 4.78 is 0. The Balaban J connectivity index is 1.65. The molecule has 0 saturated carbocycles. The van der Waals surface area contributed by atoms with E-state index in [9.17, 15) is 0 Å². The zero-order valence-electron chi connectivity index (χ0n) is 12.5. The third-order valence-corrected chi connectivity index (χ3v) is 3.87. The van der Waals surface area contributed by atoms with Crippen LogP contribution in [0, 0.1) is 0 Å². The number of aromatic amines is 1. The van der Waals surface area contributed by atoms with Gasteiger partial charge in [0.1, 0.15) is 5.65 Å². The van der Waals surface area contributed by atoms with Gasteiger partial charge in [0.15, 0.2) is 0 Å². The van der Waals surface area contributed by atoms with E-state index in [1.807, 2.05) is 48.9 Å². The molecule has 0 saturated heterocycles. The molecule has 1 aromatic carbocycles. The molecular weight excluding hydrogens is 284 g/mol. The number of benzene rings is 1. The van der Waals surface area contributed by atoms with Gasteiger partial charge in [0, 0.05) is 42.3 Å². The summed E-state index contributed by atoms with van der Waals surface area (Å²) in [6.45, 7) is 0.728. The number of pyridine rings is 2. The molecule has 2 N–H and O–H groups in total. The predicted molar refractivity (Wildman–Crippen MR) is 93.1 cm³/mol. The fraction of sp³-hybridized carbons (Fsp3) is 0.0526. The summed E-state index contributed by atoms with van der Waals surface area (Å²) in [5.41, 5.74) is 5.41. The van der Waals surface area contributed by atoms with Crippen LogP contribution in [-0.2, 0) is 6.54 Å². The Morgan fingerprint density at radius 2 is 1.87 bits per heavy atom. The van der Waals surface area contributed by atoms with Crippen molar-refractivity contribution < 1.29 is 0 Å². The molecule has 0 aliphatic heterocycles. The van der Waals surface area contributed by atoms with E-state index in [4.69, 9.17) is 0 Å². The van der Waals surface area contributed by atoms with Gasteiger partial charge in [0.05, 0.1) is 5.69 Å². The largest absolute Gasteiger partial charge is 0.380 e. The number of nitrogens with zero attached hydrogens (tertiary/aromatic N) is 2. The van der Waals surface area contributed by atoms with Crippen LogP contribution in [0.5, 0.6) is 0 Å². The third kappa shape index (κ3) is 2.79. The molecule has 0 fully saturated rings. The maximum atomic E-state index is 4.54. The highest BCUT2D eigenvalue weighted by Crippen LogP contribution is 2.25. The van der Waals surface area contributed by atoms with E-state index in [1.165, 1.54) is 11.1 Å². The Hall–Kier alpha value is -3.14. The van der Waals surface area contributed by atoms with E-state index in [2.05, 4.69) is 38.5 Å². The van der Waals surface area contributed by atoms with E-state index in [1.54, 1.807) is 6.20 Å². The average molecular weight is 300 g/mol. The number of fused-ring (bicyclic) bond motifs is 1. The lowest BCUT2D eigenvalue weighted by molar-refractivity contribution is 1.15. The number of nitrogens with one attached hydrogen (secondary N) is 2. The molecule has 0 unspecified atom stereocenters. The van der Waals surface area contributed by atoms with Crippen molar-refractivity contribution in [2.24, 2.45) is 0 Å². The van der Waals surface area contributed by atoms with Crippen molar-refractivity contribution in [1.29, 1.82) is 0 Å². The number of hydrogen-bond acceptors (Lipinski definition) is 3. The summed E-state index contributed by atoms with van der Waals surface area (Å²) in [4.78, 5) is 11.9. The number of H-pyrrole nitrogens is 1. The van der Waals surface area contributed by atoms with Gasteiger partial charge in [-0.1, -0.05) is 30.3 Å². The van der Waals surface area contributed by atoms with E-state index in [-0.39, 0.29) is 0 Å². The van der Waals surface area contributed by atoms with E-state index >= 15 is 0 Å². The van der Waals surface area contributed by atoms with Gasteiger partial charge in [-0.15, -0.1) is 0 Å². The van der Waals surface area contributed by atoms with E-state index in [0.29, 0.717) is 0 Å². The Labute approximate surface area is 134 Å². The highest BCUT2D eigenvalue weighted by atomic mass is 14.9. The molecule has 0 amide bonds. The molecule has 112 valence electrons. The fourth-order valence-electron chi connectivity index (χ4n) is 2.66. The highest BCUT2D eigenvalue weighted by molar-refractivity contribution is 5.84. The monoisotopic (exact) mass is 300 g/mol. The maximum Gasteiger partial charge on any atom is 0.137 e. The first-order valence-electron chi connectivity index (χ1n) is 7.55. The summed E-state index contributed by atoms with van der Waals surface area (Å²) >= 11 is 0. The predicted octanol–water partition coefficient (Wildman–Crippen LogP) is 4.24. The van der Waals surface area contributed by atoms with Crippen LogP contribution in [0.2, 0.25) is 0 Å². The van der Waals surface area contributed by atoms with Crippen LogP contribution in [-0.4, -0.2) is 15.0 Å². The number of anilines is 1. The first kappa shape index (κ1) is 13.5. The van der Waals surface area contributed by atoms with Gasteiger partial charge >= 0.3 is 0 Å².